The maximum atomic E-state index is 13.5. The van der Waals surface area contributed by atoms with Crippen molar-refractivity contribution in [3.05, 3.63) is 119 Å². The number of ether oxygens (including phenoxy) is 1. The fourth-order valence-electron chi connectivity index (χ4n) is 3.47. The van der Waals surface area contributed by atoms with E-state index in [1.807, 2.05) is 61.5 Å². The van der Waals surface area contributed by atoms with Crippen molar-refractivity contribution in [3.63, 3.8) is 0 Å². The molecule has 0 spiro atoms. The van der Waals surface area contributed by atoms with E-state index < -0.39 is 15.3 Å². The lowest BCUT2D eigenvalue weighted by Crippen LogP contribution is -2.20. The van der Waals surface area contributed by atoms with Crippen LogP contribution in [0.15, 0.2) is 97.7 Å². The fraction of sp³-hybridized carbons (Fsp3) is 0.115. The Bertz CT molecular complexity index is 1360. The first-order chi connectivity index (χ1) is 15.9. The van der Waals surface area contributed by atoms with Crippen LogP contribution in [-0.2, 0) is 16.6 Å². The van der Waals surface area contributed by atoms with Crippen LogP contribution in [0.25, 0.3) is 11.1 Å². The first-order valence-corrected chi connectivity index (χ1v) is 12.2. The van der Waals surface area contributed by atoms with Crippen LogP contribution in [0, 0.1) is 6.92 Å². The van der Waals surface area contributed by atoms with Gasteiger partial charge in [0, 0.05) is 10.6 Å². The second kappa shape index (κ2) is 9.65. The van der Waals surface area contributed by atoms with Gasteiger partial charge in [0.2, 0.25) is 5.88 Å². The van der Waals surface area contributed by atoms with Crippen LogP contribution in [0.5, 0.6) is 5.88 Å². The van der Waals surface area contributed by atoms with Gasteiger partial charge in [-0.15, -0.1) is 11.7 Å². The number of nitrogens with zero attached hydrogens (tertiary/aromatic N) is 2. The third-order valence-corrected chi connectivity index (χ3v) is 7.39. The highest BCUT2D eigenvalue weighted by Gasteiger charge is 2.29. The first-order valence-electron chi connectivity index (χ1n) is 10.3. The van der Waals surface area contributed by atoms with E-state index in [9.17, 15) is 8.42 Å². The largest absolute Gasteiger partial charge is 0.471 e. The molecule has 1 unspecified atom stereocenters. The molecule has 0 fully saturated rings. The van der Waals surface area contributed by atoms with Crippen molar-refractivity contribution in [3.8, 4) is 17.0 Å². The summed E-state index contributed by atoms with van der Waals surface area (Å²) in [5.41, 5.74) is 3.71. The molecule has 4 aromatic rings. The number of halogens is 1. The second-order valence-electron chi connectivity index (χ2n) is 7.59. The topological polar surface area (TPSA) is 61.2 Å². The average Bonchev–Trinajstić information content (AvgIpc) is 3.25. The minimum Gasteiger partial charge on any atom is -0.471 e. The van der Waals surface area contributed by atoms with E-state index in [4.69, 9.17) is 16.3 Å². The summed E-state index contributed by atoms with van der Waals surface area (Å²) in [6.07, 6.45) is 2.85. The number of hydrogen-bond acceptors (Lipinski definition) is 4. The van der Waals surface area contributed by atoms with Crippen LogP contribution in [0.3, 0.4) is 0 Å². The zero-order valence-electron chi connectivity index (χ0n) is 18.1. The summed E-state index contributed by atoms with van der Waals surface area (Å²) >= 11 is 6.41. The molecule has 0 saturated carbocycles. The summed E-state index contributed by atoms with van der Waals surface area (Å²) in [6.45, 7) is 5.94. The lowest BCUT2D eigenvalue weighted by molar-refractivity contribution is 0.293. The third-order valence-electron chi connectivity index (χ3n) is 5.24. The van der Waals surface area contributed by atoms with Gasteiger partial charge in [0.15, 0.2) is 0 Å². The van der Waals surface area contributed by atoms with Gasteiger partial charge in [0.05, 0.1) is 11.8 Å². The number of aromatic nitrogens is 2. The van der Waals surface area contributed by atoms with Gasteiger partial charge in [-0.3, -0.25) is 0 Å². The summed E-state index contributed by atoms with van der Waals surface area (Å²) in [6, 6.07) is 24.1. The standard InChI is InChI=1S/C26H23ClN2O3S/c1-3-25(21-15-13-19(2)14-16-21)33(30,31)29-17-23(22-11-7-8-12-24(22)27)26(28-29)32-18-20-9-5-4-6-10-20/h3-17,25H,1,18H2,2H3. The fourth-order valence-corrected chi connectivity index (χ4v) is 5.12. The Morgan fingerprint density at radius 1 is 1.00 bits per heavy atom. The lowest BCUT2D eigenvalue weighted by atomic mass is 10.1. The average molecular weight is 479 g/mol. The summed E-state index contributed by atoms with van der Waals surface area (Å²) in [4.78, 5) is 0. The van der Waals surface area contributed by atoms with Crippen molar-refractivity contribution in [1.29, 1.82) is 0 Å². The van der Waals surface area contributed by atoms with Crippen molar-refractivity contribution >= 4 is 21.6 Å². The van der Waals surface area contributed by atoms with E-state index in [1.165, 1.54) is 12.3 Å². The van der Waals surface area contributed by atoms with Crippen molar-refractivity contribution in [2.75, 3.05) is 0 Å². The minimum atomic E-state index is -3.96. The van der Waals surface area contributed by atoms with Gasteiger partial charge in [-0.05, 0) is 24.1 Å². The maximum Gasteiger partial charge on any atom is 0.264 e. The first kappa shape index (κ1) is 22.8. The quantitative estimate of drug-likeness (QED) is 0.283. The molecule has 1 heterocycles. The smallest absolute Gasteiger partial charge is 0.264 e. The second-order valence-corrected chi connectivity index (χ2v) is 9.91. The van der Waals surface area contributed by atoms with Crippen LogP contribution < -0.4 is 4.74 Å². The molecule has 168 valence electrons. The van der Waals surface area contributed by atoms with Crippen molar-refractivity contribution in [2.24, 2.45) is 0 Å². The van der Waals surface area contributed by atoms with Gasteiger partial charge < -0.3 is 4.74 Å². The molecular weight excluding hydrogens is 456 g/mol. The maximum absolute atomic E-state index is 13.5. The summed E-state index contributed by atoms with van der Waals surface area (Å²) in [7, 11) is -3.96. The molecule has 0 aliphatic rings. The Balaban J connectivity index is 1.77. The molecular formula is C26H23ClN2O3S. The summed E-state index contributed by atoms with van der Waals surface area (Å²) in [5.74, 6) is 0.183. The Kier molecular flexibility index (Phi) is 6.67. The normalized spacial score (nSPS) is 12.3. The number of rotatable bonds is 8. The van der Waals surface area contributed by atoms with E-state index in [0.717, 1.165) is 15.2 Å². The van der Waals surface area contributed by atoms with Gasteiger partial charge in [-0.1, -0.05) is 96.0 Å². The molecule has 0 aliphatic heterocycles. The number of benzene rings is 3. The SMILES string of the molecule is C=CC(c1ccc(C)cc1)S(=O)(=O)n1cc(-c2ccccc2Cl)c(OCc2ccccc2)n1. The van der Waals surface area contributed by atoms with E-state index in [0.29, 0.717) is 21.7 Å². The van der Waals surface area contributed by atoms with E-state index in [2.05, 4.69) is 11.7 Å². The van der Waals surface area contributed by atoms with Gasteiger partial charge in [-0.2, -0.15) is 4.09 Å². The van der Waals surface area contributed by atoms with Crippen LogP contribution in [-0.4, -0.2) is 17.6 Å². The molecule has 0 radical (unpaired) electrons. The van der Waals surface area contributed by atoms with Gasteiger partial charge in [0.25, 0.3) is 10.0 Å². The number of aryl methyl sites for hydroxylation is 1. The predicted octanol–water partition coefficient (Wildman–Crippen LogP) is 6.20. The molecule has 0 N–H and O–H groups in total. The molecule has 0 saturated heterocycles. The molecule has 0 aliphatic carbocycles. The van der Waals surface area contributed by atoms with Crippen molar-refractivity contribution in [1.82, 2.24) is 9.19 Å². The van der Waals surface area contributed by atoms with Gasteiger partial charge in [-0.25, -0.2) is 8.42 Å². The van der Waals surface area contributed by atoms with Crippen LogP contribution >= 0.6 is 11.6 Å². The molecule has 1 atom stereocenters. The van der Waals surface area contributed by atoms with Gasteiger partial charge >= 0.3 is 0 Å². The highest BCUT2D eigenvalue weighted by Crippen LogP contribution is 2.36. The Morgan fingerprint density at radius 2 is 1.67 bits per heavy atom. The van der Waals surface area contributed by atoms with Crippen molar-refractivity contribution in [2.45, 2.75) is 18.8 Å². The lowest BCUT2D eigenvalue weighted by Gasteiger charge is -2.14. The highest BCUT2D eigenvalue weighted by atomic mass is 35.5. The zero-order chi connectivity index (χ0) is 23.4. The molecule has 7 heteroatoms. The Hall–Kier alpha value is -3.35. The summed E-state index contributed by atoms with van der Waals surface area (Å²) < 4.78 is 34.0. The molecule has 33 heavy (non-hydrogen) atoms. The monoisotopic (exact) mass is 478 g/mol. The van der Waals surface area contributed by atoms with Gasteiger partial charge in [0.1, 0.15) is 11.9 Å². The number of hydrogen-bond donors (Lipinski definition) is 0. The van der Waals surface area contributed by atoms with Crippen LogP contribution in [0.1, 0.15) is 21.9 Å². The molecule has 1 aromatic heterocycles. The van der Waals surface area contributed by atoms with Crippen molar-refractivity contribution < 1.29 is 13.2 Å². The molecule has 4 rings (SSSR count). The minimum absolute atomic E-state index is 0.183. The molecule has 0 amide bonds. The molecule has 0 bridgehead atoms. The summed E-state index contributed by atoms with van der Waals surface area (Å²) in [5, 5.41) is 3.82. The third kappa shape index (κ3) is 4.87. The van der Waals surface area contributed by atoms with Crippen LogP contribution in [0.2, 0.25) is 5.02 Å². The van der Waals surface area contributed by atoms with E-state index in [-0.39, 0.29) is 12.5 Å². The van der Waals surface area contributed by atoms with Crippen LogP contribution in [0.4, 0.5) is 0 Å². The van der Waals surface area contributed by atoms with E-state index >= 15 is 0 Å². The highest BCUT2D eigenvalue weighted by molar-refractivity contribution is 7.90. The molecule has 5 nitrogen and oxygen atoms in total. The Labute approximate surface area is 199 Å². The Morgan fingerprint density at radius 3 is 2.33 bits per heavy atom. The van der Waals surface area contributed by atoms with E-state index in [1.54, 1.807) is 24.3 Å². The zero-order valence-corrected chi connectivity index (χ0v) is 19.6. The molecule has 3 aromatic carbocycles. The predicted molar refractivity (Wildman–Crippen MR) is 132 cm³/mol.